The molecule has 14 heteroatoms. The summed E-state index contributed by atoms with van der Waals surface area (Å²) < 4.78 is 90.8. The van der Waals surface area contributed by atoms with Crippen LogP contribution in [-0.4, -0.2) is 29.6 Å². The van der Waals surface area contributed by atoms with Gasteiger partial charge >= 0.3 is 12.7 Å². The van der Waals surface area contributed by atoms with E-state index in [1.807, 2.05) is 0 Å². The van der Waals surface area contributed by atoms with Gasteiger partial charge in [0.1, 0.15) is 20.9 Å². The molecule has 0 spiro atoms. The standard InChI is InChI=1S/C27H18Cl2F6N2O3S/c28-21-22(37-41-23(21)29)24(38)36-15-25(14-16-6-2-1-3-7-16,17-8-4-10-19(12-17)39-26(30,31)32)18-9-5-11-20(13-18)40-27(33,34)35/h1-13H,14-15H2,(H,36,38). The van der Waals surface area contributed by atoms with Crippen molar-refractivity contribution in [1.29, 1.82) is 0 Å². The number of hydrogen-bond acceptors (Lipinski definition) is 5. The lowest BCUT2D eigenvalue weighted by Crippen LogP contribution is -2.43. The third kappa shape index (κ3) is 7.84. The number of nitrogens with zero attached hydrogens (tertiary/aromatic N) is 1. The highest BCUT2D eigenvalue weighted by Gasteiger charge is 2.39. The van der Waals surface area contributed by atoms with Crippen LogP contribution >= 0.6 is 34.7 Å². The molecule has 0 atom stereocenters. The van der Waals surface area contributed by atoms with Crippen LogP contribution in [0.25, 0.3) is 0 Å². The first-order chi connectivity index (χ1) is 19.3. The molecule has 1 amide bonds. The topological polar surface area (TPSA) is 60.5 Å². The molecule has 1 aromatic heterocycles. The van der Waals surface area contributed by atoms with Gasteiger partial charge in [-0.3, -0.25) is 4.79 Å². The van der Waals surface area contributed by atoms with Gasteiger partial charge in [0.25, 0.3) is 5.91 Å². The maximum Gasteiger partial charge on any atom is 0.573 e. The van der Waals surface area contributed by atoms with Crippen LogP contribution < -0.4 is 14.8 Å². The minimum absolute atomic E-state index is 0.0324. The van der Waals surface area contributed by atoms with E-state index in [-0.39, 0.29) is 39.1 Å². The second-order valence-corrected chi connectivity index (χ2v) is 10.5. The molecule has 1 heterocycles. The lowest BCUT2D eigenvalue weighted by molar-refractivity contribution is -0.275. The maximum absolute atomic E-state index is 13.1. The molecular formula is C27H18Cl2F6N2O3S. The van der Waals surface area contributed by atoms with Crippen LogP contribution in [0, 0.1) is 0 Å². The van der Waals surface area contributed by atoms with E-state index in [0.29, 0.717) is 5.56 Å². The number of halogens is 8. The predicted octanol–water partition coefficient (Wildman–Crippen LogP) is 8.21. The van der Waals surface area contributed by atoms with Crippen molar-refractivity contribution in [1.82, 2.24) is 9.69 Å². The highest BCUT2D eigenvalue weighted by Crippen LogP contribution is 2.40. The van der Waals surface area contributed by atoms with E-state index < -0.39 is 35.5 Å². The average Bonchev–Trinajstić information content (AvgIpc) is 3.23. The molecule has 5 nitrogen and oxygen atoms in total. The summed E-state index contributed by atoms with van der Waals surface area (Å²) in [5.41, 5.74) is -0.552. The van der Waals surface area contributed by atoms with E-state index in [1.54, 1.807) is 30.3 Å². The molecular weight excluding hydrogens is 617 g/mol. The molecule has 4 aromatic rings. The van der Waals surface area contributed by atoms with Gasteiger partial charge < -0.3 is 14.8 Å². The smallest absolute Gasteiger partial charge is 0.406 e. The van der Waals surface area contributed by atoms with Gasteiger partial charge in [0, 0.05) is 12.0 Å². The van der Waals surface area contributed by atoms with Crippen LogP contribution in [-0.2, 0) is 11.8 Å². The van der Waals surface area contributed by atoms with Gasteiger partial charge in [0.2, 0.25) is 0 Å². The SMILES string of the molecule is O=C(NCC(Cc1ccccc1)(c1cccc(OC(F)(F)F)c1)c1cccc(OC(F)(F)F)c1)c1nsc(Cl)c1Cl. The van der Waals surface area contributed by atoms with E-state index in [0.717, 1.165) is 35.8 Å². The second-order valence-electron chi connectivity index (χ2n) is 8.70. The van der Waals surface area contributed by atoms with Crippen molar-refractivity contribution >= 4 is 40.6 Å². The maximum atomic E-state index is 13.1. The van der Waals surface area contributed by atoms with Crippen LogP contribution in [0.5, 0.6) is 11.5 Å². The molecule has 0 aliphatic carbocycles. The van der Waals surface area contributed by atoms with E-state index >= 15 is 0 Å². The Morgan fingerprint density at radius 1 is 0.805 bits per heavy atom. The number of alkyl halides is 6. The molecule has 0 radical (unpaired) electrons. The Bertz CT molecular complexity index is 1450. The summed E-state index contributed by atoms with van der Waals surface area (Å²) in [4.78, 5) is 13.1. The molecule has 0 unspecified atom stereocenters. The molecule has 0 aliphatic rings. The fourth-order valence-electron chi connectivity index (χ4n) is 4.28. The zero-order valence-electron chi connectivity index (χ0n) is 20.5. The van der Waals surface area contributed by atoms with Crippen molar-refractivity contribution < 1.29 is 40.6 Å². The third-order valence-corrected chi connectivity index (χ3v) is 7.56. The first-order valence-corrected chi connectivity index (χ1v) is 13.1. The third-order valence-electron chi connectivity index (χ3n) is 5.95. The van der Waals surface area contributed by atoms with Gasteiger partial charge in [-0.05, 0) is 58.9 Å². The Hall–Kier alpha value is -3.48. The van der Waals surface area contributed by atoms with Gasteiger partial charge in [0.05, 0.1) is 0 Å². The summed E-state index contributed by atoms with van der Waals surface area (Å²) in [5, 5.41) is 2.59. The molecule has 0 saturated heterocycles. The summed E-state index contributed by atoms with van der Waals surface area (Å²) in [6.45, 7) is -0.308. The molecule has 0 saturated carbocycles. The highest BCUT2D eigenvalue weighted by atomic mass is 35.5. The number of amides is 1. The quantitative estimate of drug-likeness (QED) is 0.189. The largest absolute Gasteiger partial charge is 0.573 e. The summed E-state index contributed by atoms with van der Waals surface area (Å²) in [6.07, 6.45) is -9.98. The normalized spacial score (nSPS) is 12.2. The Balaban J connectivity index is 1.89. The minimum Gasteiger partial charge on any atom is -0.406 e. The fourth-order valence-corrected chi connectivity index (χ4v) is 5.28. The number of carbonyl (C=O) groups excluding carboxylic acids is 1. The zero-order chi connectivity index (χ0) is 29.8. The second kappa shape index (κ2) is 12.2. The van der Waals surface area contributed by atoms with Gasteiger partial charge in [-0.1, -0.05) is 77.8 Å². The Morgan fingerprint density at radius 3 is 1.80 bits per heavy atom. The van der Waals surface area contributed by atoms with Crippen LogP contribution in [0.3, 0.4) is 0 Å². The van der Waals surface area contributed by atoms with Crippen molar-refractivity contribution in [2.75, 3.05) is 6.54 Å². The van der Waals surface area contributed by atoms with Gasteiger partial charge in [-0.25, -0.2) is 0 Å². The lowest BCUT2D eigenvalue weighted by atomic mass is 9.70. The molecule has 0 fully saturated rings. The minimum atomic E-state index is -5.00. The molecule has 216 valence electrons. The first kappa shape index (κ1) is 30.5. The molecule has 4 rings (SSSR count). The molecule has 1 N–H and O–H groups in total. The Morgan fingerprint density at radius 2 is 1.34 bits per heavy atom. The van der Waals surface area contributed by atoms with Crippen molar-refractivity contribution in [3.05, 3.63) is 111 Å². The fraction of sp³-hybridized carbons (Fsp3) is 0.185. The first-order valence-electron chi connectivity index (χ1n) is 11.6. The van der Waals surface area contributed by atoms with E-state index in [2.05, 4.69) is 19.2 Å². The van der Waals surface area contributed by atoms with E-state index in [1.165, 1.54) is 24.3 Å². The Labute approximate surface area is 243 Å². The number of carbonyl (C=O) groups is 1. The van der Waals surface area contributed by atoms with Crippen molar-refractivity contribution in [3.8, 4) is 11.5 Å². The molecule has 0 bridgehead atoms. The average molecular weight is 635 g/mol. The van der Waals surface area contributed by atoms with Gasteiger partial charge in [0.15, 0.2) is 5.69 Å². The number of ether oxygens (including phenoxy) is 2. The van der Waals surface area contributed by atoms with Crippen LogP contribution in [0.1, 0.15) is 27.2 Å². The number of nitrogens with one attached hydrogen (secondary N) is 1. The zero-order valence-corrected chi connectivity index (χ0v) is 22.9. The number of hydrogen-bond donors (Lipinski definition) is 1. The Kier molecular flexibility index (Phi) is 9.05. The van der Waals surface area contributed by atoms with Crippen LogP contribution in [0.4, 0.5) is 26.3 Å². The lowest BCUT2D eigenvalue weighted by Gasteiger charge is -2.36. The van der Waals surface area contributed by atoms with E-state index in [4.69, 9.17) is 23.2 Å². The summed E-state index contributed by atoms with van der Waals surface area (Å²) in [7, 11) is 0. The molecule has 3 aromatic carbocycles. The molecule has 41 heavy (non-hydrogen) atoms. The van der Waals surface area contributed by atoms with Gasteiger partial charge in [-0.2, -0.15) is 4.37 Å². The number of benzene rings is 3. The molecule has 0 aliphatic heterocycles. The predicted molar refractivity (Wildman–Crippen MR) is 142 cm³/mol. The summed E-state index contributed by atoms with van der Waals surface area (Å²) in [5.74, 6) is -1.87. The van der Waals surface area contributed by atoms with Crippen LogP contribution in [0.15, 0.2) is 78.9 Å². The van der Waals surface area contributed by atoms with Crippen molar-refractivity contribution in [2.45, 2.75) is 24.6 Å². The van der Waals surface area contributed by atoms with Crippen molar-refractivity contribution in [2.24, 2.45) is 0 Å². The number of aromatic nitrogens is 1. The summed E-state index contributed by atoms with van der Waals surface area (Å²) >= 11 is 12.8. The highest BCUT2D eigenvalue weighted by molar-refractivity contribution is 7.11. The van der Waals surface area contributed by atoms with Gasteiger partial charge in [-0.15, -0.1) is 26.3 Å². The van der Waals surface area contributed by atoms with Crippen LogP contribution in [0.2, 0.25) is 9.36 Å². The summed E-state index contributed by atoms with van der Waals surface area (Å²) in [6, 6.07) is 18.7. The number of rotatable bonds is 9. The van der Waals surface area contributed by atoms with E-state index in [9.17, 15) is 31.1 Å². The van der Waals surface area contributed by atoms with Crippen molar-refractivity contribution in [3.63, 3.8) is 0 Å². The monoisotopic (exact) mass is 634 g/mol.